The molecule has 2 rings (SSSR count). The number of carbonyl (C=O) groups excluding carboxylic acids is 1. The molecule has 0 aliphatic carbocycles. The van der Waals surface area contributed by atoms with Gasteiger partial charge < -0.3 is 0 Å². The van der Waals surface area contributed by atoms with Gasteiger partial charge in [-0.3, -0.25) is 9.78 Å². The summed E-state index contributed by atoms with van der Waals surface area (Å²) in [4.78, 5) is 14.5. The Hall–Kier alpha value is -1.74. The number of hydrogen-bond donors (Lipinski definition) is 0. The van der Waals surface area contributed by atoms with Gasteiger partial charge in [0.25, 0.3) is 0 Å². The summed E-state index contributed by atoms with van der Waals surface area (Å²) < 4.78 is 13.0. The molecule has 0 fully saturated rings. The minimum atomic E-state index is -0.624. The number of aldehydes is 1. The van der Waals surface area contributed by atoms with E-state index in [4.69, 9.17) is 11.6 Å². The Kier molecular flexibility index (Phi) is 2.97. The Labute approximate surface area is 96.7 Å². The van der Waals surface area contributed by atoms with Crippen molar-refractivity contribution >= 4 is 17.9 Å². The van der Waals surface area contributed by atoms with Gasteiger partial charge >= 0.3 is 0 Å². The third-order valence-electron chi connectivity index (χ3n) is 2.13. The lowest BCUT2D eigenvalue weighted by molar-refractivity contribution is 0.111. The van der Waals surface area contributed by atoms with E-state index in [0.29, 0.717) is 17.0 Å². The van der Waals surface area contributed by atoms with Crippen LogP contribution in [-0.2, 0) is 0 Å². The quantitative estimate of drug-likeness (QED) is 0.747. The SMILES string of the molecule is O=Cc1cc(-c2cccc(Cl)c2)ncc1F. The van der Waals surface area contributed by atoms with E-state index in [2.05, 4.69) is 4.98 Å². The summed E-state index contributed by atoms with van der Waals surface area (Å²) in [6, 6.07) is 8.39. The number of nitrogens with zero attached hydrogens (tertiary/aromatic N) is 1. The third-order valence-corrected chi connectivity index (χ3v) is 2.37. The fraction of sp³-hybridized carbons (Fsp3) is 0. The molecule has 0 N–H and O–H groups in total. The van der Waals surface area contributed by atoms with Gasteiger partial charge in [-0.25, -0.2) is 4.39 Å². The van der Waals surface area contributed by atoms with Crippen LogP contribution in [0.5, 0.6) is 0 Å². The topological polar surface area (TPSA) is 30.0 Å². The molecule has 1 heterocycles. The highest BCUT2D eigenvalue weighted by atomic mass is 35.5. The maximum atomic E-state index is 13.0. The standard InChI is InChI=1S/C12H7ClFNO/c13-10-3-1-2-8(4-10)12-5-9(7-16)11(14)6-15-12/h1-7H. The minimum absolute atomic E-state index is 0.00928. The Bertz CT molecular complexity index is 542. The van der Waals surface area contributed by atoms with E-state index in [1.165, 1.54) is 6.07 Å². The number of hydrogen-bond acceptors (Lipinski definition) is 2. The Morgan fingerprint density at radius 1 is 1.31 bits per heavy atom. The van der Waals surface area contributed by atoms with Crippen molar-refractivity contribution in [3.8, 4) is 11.3 Å². The maximum absolute atomic E-state index is 13.0. The van der Waals surface area contributed by atoms with Crippen LogP contribution in [0.2, 0.25) is 5.02 Å². The predicted octanol–water partition coefficient (Wildman–Crippen LogP) is 3.35. The van der Waals surface area contributed by atoms with Crippen molar-refractivity contribution in [3.05, 3.63) is 52.9 Å². The van der Waals surface area contributed by atoms with E-state index < -0.39 is 5.82 Å². The highest BCUT2D eigenvalue weighted by molar-refractivity contribution is 6.30. The number of benzene rings is 1. The number of rotatable bonds is 2. The van der Waals surface area contributed by atoms with E-state index in [9.17, 15) is 9.18 Å². The lowest BCUT2D eigenvalue weighted by atomic mass is 10.1. The second-order valence-corrected chi connectivity index (χ2v) is 3.66. The Morgan fingerprint density at radius 3 is 2.81 bits per heavy atom. The fourth-order valence-electron chi connectivity index (χ4n) is 1.35. The number of halogens is 2. The van der Waals surface area contributed by atoms with Crippen molar-refractivity contribution in [1.29, 1.82) is 0 Å². The van der Waals surface area contributed by atoms with Crippen molar-refractivity contribution in [2.24, 2.45) is 0 Å². The summed E-state index contributed by atoms with van der Waals surface area (Å²) in [5.41, 5.74) is 1.26. The van der Waals surface area contributed by atoms with E-state index in [-0.39, 0.29) is 5.56 Å². The summed E-state index contributed by atoms with van der Waals surface area (Å²) in [7, 11) is 0. The first-order chi connectivity index (χ1) is 7.70. The maximum Gasteiger partial charge on any atom is 0.153 e. The number of aromatic nitrogens is 1. The van der Waals surface area contributed by atoms with Crippen molar-refractivity contribution in [1.82, 2.24) is 4.98 Å². The molecule has 0 aliphatic rings. The Balaban J connectivity index is 2.52. The van der Waals surface area contributed by atoms with E-state index >= 15 is 0 Å². The summed E-state index contributed by atoms with van der Waals surface area (Å²) in [5, 5.41) is 0.566. The van der Waals surface area contributed by atoms with Gasteiger partial charge in [0.05, 0.1) is 17.5 Å². The second-order valence-electron chi connectivity index (χ2n) is 3.22. The second kappa shape index (κ2) is 4.41. The van der Waals surface area contributed by atoms with E-state index in [1.54, 1.807) is 24.3 Å². The molecule has 2 nitrogen and oxygen atoms in total. The molecule has 0 atom stereocenters. The van der Waals surface area contributed by atoms with Gasteiger partial charge in [0.2, 0.25) is 0 Å². The van der Waals surface area contributed by atoms with Crippen LogP contribution in [0, 0.1) is 5.82 Å². The van der Waals surface area contributed by atoms with Gasteiger partial charge in [-0.15, -0.1) is 0 Å². The molecular weight excluding hydrogens is 229 g/mol. The third kappa shape index (κ3) is 2.09. The Morgan fingerprint density at radius 2 is 2.12 bits per heavy atom. The molecular formula is C12H7ClFNO. The van der Waals surface area contributed by atoms with E-state index in [0.717, 1.165) is 11.8 Å². The van der Waals surface area contributed by atoms with Gasteiger partial charge in [-0.2, -0.15) is 0 Å². The summed E-state index contributed by atoms with van der Waals surface area (Å²) in [6.07, 6.45) is 1.49. The monoisotopic (exact) mass is 235 g/mol. The molecule has 4 heteroatoms. The molecule has 0 radical (unpaired) electrons. The first kappa shape index (κ1) is 10.8. The lowest BCUT2D eigenvalue weighted by Gasteiger charge is -2.02. The van der Waals surface area contributed by atoms with Gasteiger partial charge in [0.1, 0.15) is 0 Å². The fourth-order valence-corrected chi connectivity index (χ4v) is 1.54. The molecule has 16 heavy (non-hydrogen) atoms. The predicted molar refractivity (Wildman–Crippen MR) is 60.0 cm³/mol. The van der Waals surface area contributed by atoms with Crippen molar-refractivity contribution in [3.63, 3.8) is 0 Å². The molecule has 0 saturated carbocycles. The van der Waals surface area contributed by atoms with Crippen LogP contribution in [0.3, 0.4) is 0 Å². The van der Waals surface area contributed by atoms with Crippen LogP contribution < -0.4 is 0 Å². The minimum Gasteiger partial charge on any atom is -0.298 e. The average Bonchev–Trinajstić information content (AvgIpc) is 2.29. The lowest BCUT2D eigenvalue weighted by Crippen LogP contribution is -1.92. The molecule has 2 aromatic rings. The summed E-state index contributed by atoms with van der Waals surface area (Å²) in [6.45, 7) is 0. The first-order valence-corrected chi connectivity index (χ1v) is 4.95. The molecule has 0 amide bonds. The average molecular weight is 236 g/mol. The molecule has 80 valence electrons. The zero-order valence-electron chi connectivity index (χ0n) is 8.15. The van der Waals surface area contributed by atoms with Crippen molar-refractivity contribution < 1.29 is 9.18 Å². The molecule has 1 aromatic heterocycles. The van der Waals surface area contributed by atoms with Gasteiger partial charge in [0.15, 0.2) is 12.1 Å². The largest absolute Gasteiger partial charge is 0.298 e. The smallest absolute Gasteiger partial charge is 0.153 e. The number of pyridine rings is 1. The molecule has 0 saturated heterocycles. The molecule has 0 unspecified atom stereocenters. The van der Waals surface area contributed by atoms with Crippen molar-refractivity contribution in [2.45, 2.75) is 0 Å². The number of carbonyl (C=O) groups is 1. The highest BCUT2D eigenvalue weighted by Crippen LogP contribution is 2.21. The van der Waals surface area contributed by atoms with Gasteiger partial charge in [-0.1, -0.05) is 23.7 Å². The normalized spacial score (nSPS) is 10.1. The highest BCUT2D eigenvalue weighted by Gasteiger charge is 2.05. The zero-order chi connectivity index (χ0) is 11.5. The molecule has 0 spiro atoms. The van der Waals surface area contributed by atoms with Crippen molar-refractivity contribution in [2.75, 3.05) is 0 Å². The summed E-state index contributed by atoms with van der Waals surface area (Å²) in [5.74, 6) is -0.624. The molecule has 1 aromatic carbocycles. The molecule has 0 aliphatic heterocycles. The van der Waals surface area contributed by atoms with E-state index in [1.807, 2.05) is 0 Å². The van der Waals surface area contributed by atoms with Crippen LogP contribution in [-0.4, -0.2) is 11.3 Å². The van der Waals surface area contributed by atoms with Crippen LogP contribution in [0.25, 0.3) is 11.3 Å². The van der Waals surface area contributed by atoms with Gasteiger partial charge in [-0.05, 0) is 18.2 Å². The molecule has 0 bridgehead atoms. The van der Waals surface area contributed by atoms with Crippen LogP contribution in [0.4, 0.5) is 4.39 Å². The van der Waals surface area contributed by atoms with Crippen LogP contribution in [0.15, 0.2) is 36.5 Å². The zero-order valence-corrected chi connectivity index (χ0v) is 8.91. The van der Waals surface area contributed by atoms with Crippen LogP contribution in [0.1, 0.15) is 10.4 Å². The van der Waals surface area contributed by atoms with Crippen LogP contribution >= 0.6 is 11.6 Å². The first-order valence-electron chi connectivity index (χ1n) is 4.57. The summed E-state index contributed by atoms with van der Waals surface area (Å²) >= 11 is 5.83. The van der Waals surface area contributed by atoms with Gasteiger partial charge in [0, 0.05) is 10.6 Å².